The van der Waals surface area contributed by atoms with Crippen LogP contribution >= 0.6 is 0 Å². The number of rotatable bonds is 13. The summed E-state index contributed by atoms with van der Waals surface area (Å²) in [4.78, 5) is 30.4. The van der Waals surface area contributed by atoms with Crippen molar-refractivity contribution in [2.75, 3.05) is 6.54 Å². The molecule has 25 heavy (non-hydrogen) atoms. The fourth-order valence-electron chi connectivity index (χ4n) is 1.75. The molecule has 0 aromatic rings. The Morgan fingerprint density at radius 3 is 1.68 bits per heavy atom. The summed E-state index contributed by atoms with van der Waals surface area (Å²) in [6.45, 7) is 0.482. The molecule has 0 aliphatic rings. The highest BCUT2D eigenvalue weighted by molar-refractivity contribution is 5.74. The van der Waals surface area contributed by atoms with Gasteiger partial charge in [-0.3, -0.25) is 19.8 Å². The minimum Gasteiger partial charge on any atom is -0.481 e. The molecule has 10 nitrogen and oxygen atoms in total. The third-order valence-electron chi connectivity index (χ3n) is 3.11. The monoisotopic (exact) mass is 362 g/mol. The molecular formula is C15H30N4O6. The molecular weight excluding hydrogens is 332 g/mol. The van der Waals surface area contributed by atoms with Gasteiger partial charge < -0.3 is 32.1 Å². The van der Waals surface area contributed by atoms with E-state index >= 15 is 0 Å². The van der Waals surface area contributed by atoms with Crippen LogP contribution in [0.4, 0.5) is 0 Å². The van der Waals surface area contributed by atoms with E-state index in [0.29, 0.717) is 32.2 Å². The number of guanidine groups is 1. The van der Waals surface area contributed by atoms with E-state index in [1.54, 1.807) is 0 Å². The standard InChI is InChI=1S/C9H16O4.C6H14N4O2/c10-8(11)6-4-2-1-3-5-7-9(12)13;7-4(5(11)12)2-1-3-10-6(8)9/h1-7H2,(H,10,11)(H,12,13);4H,1-3,7H2,(H,11,12)(H4,8,9,10). The average Bonchev–Trinajstić information content (AvgIpc) is 2.50. The second-order valence-electron chi connectivity index (χ2n) is 5.48. The van der Waals surface area contributed by atoms with Crippen LogP contribution in [0.1, 0.15) is 57.8 Å². The summed E-state index contributed by atoms with van der Waals surface area (Å²) in [6, 6.07) is -0.821. The number of hydrogen-bond donors (Lipinski definition) is 7. The summed E-state index contributed by atoms with van der Waals surface area (Å²) < 4.78 is 0. The number of nitrogens with two attached hydrogens (primary N) is 2. The second kappa shape index (κ2) is 16.5. The molecule has 0 aromatic heterocycles. The third kappa shape index (κ3) is 24.0. The van der Waals surface area contributed by atoms with Crippen LogP contribution < -0.4 is 16.8 Å². The number of carbonyl (C=O) groups is 3. The number of unbranched alkanes of at least 4 members (excludes halogenated alkanes) is 4. The van der Waals surface area contributed by atoms with Gasteiger partial charge in [-0.05, 0) is 25.7 Å². The number of hydrogen-bond acceptors (Lipinski definition) is 5. The van der Waals surface area contributed by atoms with Gasteiger partial charge in [-0.15, -0.1) is 0 Å². The molecule has 0 aliphatic carbocycles. The Morgan fingerprint density at radius 1 is 0.880 bits per heavy atom. The first kappa shape index (κ1) is 24.9. The lowest BCUT2D eigenvalue weighted by molar-refractivity contribution is -0.139. The van der Waals surface area contributed by atoms with Crippen LogP contribution in [0.3, 0.4) is 0 Å². The average molecular weight is 362 g/mol. The molecule has 0 bridgehead atoms. The lowest BCUT2D eigenvalue weighted by atomic mass is 10.1. The molecule has 10 heteroatoms. The van der Waals surface area contributed by atoms with Crippen molar-refractivity contribution in [1.82, 2.24) is 5.32 Å². The first-order valence-electron chi connectivity index (χ1n) is 8.16. The highest BCUT2D eigenvalue weighted by Crippen LogP contribution is 2.06. The van der Waals surface area contributed by atoms with E-state index in [9.17, 15) is 14.4 Å². The van der Waals surface area contributed by atoms with Gasteiger partial charge in [0.05, 0.1) is 0 Å². The first-order valence-corrected chi connectivity index (χ1v) is 8.16. The predicted molar refractivity (Wildman–Crippen MR) is 92.4 cm³/mol. The number of carboxylic acids is 3. The van der Waals surface area contributed by atoms with Gasteiger partial charge in [0.25, 0.3) is 0 Å². The molecule has 0 aromatic carbocycles. The van der Waals surface area contributed by atoms with Gasteiger partial charge in [0.15, 0.2) is 5.96 Å². The second-order valence-corrected chi connectivity index (χ2v) is 5.48. The normalized spacial score (nSPS) is 10.9. The van der Waals surface area contributed by atoms with Crippen LogP contribution in [0.5, 0.6) is 0 Å². The fourth-order valence-corrected chi connectivity index (χ4v) is 1.75. The molecule has 0 amide bonds. The molecule has 0 saturated carbocycles. The van der Waals surface area contributed by atoms with Crippen molar-refractivity contribution in [3.63, 3.8) is 0 Å². The Morgan fingerprint density at radius 2 is 1.32 bits per heavy atom. The first-order chi connectivity index (χ1) is 11.7. The zero-order chi connectivity index (χ0) is 19.7. The summed E-state index contributed by atoms with van der Waals surface area (Å²) in [5, 5.41) is 34.3. The topological polar surface area (TPSA) is 200 Å². The van der Waals surface area contributed by atoms with Crippen LogP contribution in [0, 0.1) is 5.41 Å². The van der Waals surface area contributed by atoms with Crippen molar-refractivity contribution in [2.24, 2.45) is 11.5 Å². The smallest absolute Gasteiger partial charge is 0.320 e. The summed E-state index contributed by atoms with van der Waals surface area (Å²) in [7, 11) is 0. The zero-order valence-electron chi connectivity index (χ0n) is 14.4. The van der Waals surface area contributed by atoms with E-state index in [4.69, 9.17) is 32.2 Å². The van der Waals surface area contributed by atoms with Gasteiger partial charge in [0.1, 0.15) is 6.04 Å². The highest BCUT2D eigenvalue weighted by Gasteiger charge is 2.09. The van der Waals surface area contributed by atoms with Gasteiger partial charge in [-0.2, -0.15) is 0 Å². The largest absolute Gasteiger partial charge is 0.481 e. The Kier molecular flexibility index (Phi) is 16.4. The highest BCUT2D eigenvalue weighted by atomic mass is 16.4. The Labute approximate surface area is 147 Å². The summed E-state index contributed by atoms with van der Waals surface area (Å²) >= 11 is 0. The van der Waals surface area contributed by atoms with E-state index in [1.807, 2.05) is 0 Å². The molecule has 1 atom stereocenters. The molecule has 0 fully saturated rings. The maximum atomic E-state index is 10.2. The lowest BCUT2D eigenvalue weighted by Crippen LogP contribution is -2.34. The molecule has 0 rings (SSSR count). The molecule has 146 valence electrons. The number of nitrogens with one attached hydrogen (secondary N) is 2. The fraction of sp³-hybridized carbons (Fsp3) is 0.733. The minimum absolute atomic E-state index is 0.112. The molecule has 1 unspecified atom stereocenters. The maximum absolute atomic E-state index is 10.2. The van der Waals surface area contributed by atoms with Crippen molar-refractivity contribution >= 4 is 23.9 Å². The van der Waals surface area contributed by atoms with E-state index in [0.717, 1.165) is 19.3 Å². The van der Waals surface area contributed by atoms with Crippen molar-refractivity contribution < 1.29 is 29.7 Å². The maximum Gasteiger partial charge on any atom is 0.320 e. The molecule has 9 N–H and O–H groups in total. The van der Waals surface area contributed by atoms with Crippen LogP contribution in [-0.4, -0.2) is 51.8 Å². The number of carboxylic acid groups (broad SMARTS) is 3. The Bertz CT molecular complexity index is 399. The van der Waals surface area contributed by atoms with Crippen LogP contribution in [0.15, 0.2) is 0 Å². The molecule has 0 aliphatic heterocycles. The van der Waals surface area contributed by atoms with E-state index in [-0.39, 0.29) is 18.8 Å². The van der Waals surface area contributed by atoms with Crippen molar-refractivity contribution in [3.05, 3.63) is 0 Å². The van der Waals surface area contributed by atoms with Crippen molar-refractivity contribution in [1.29, 1.82) is 5.41 Å². The Hall–Kier alpha value is -2.36. The van der Waals surface area contributed by atoms with Crippen LogP contribution in [-0.2, 0) is 14.4 Å². The summed E-state index contributed by atoms with van der Waals surface area (Å²) in [6.07, 6.45) is 5.50. The SMILES string of the molecule is N=C(N)NCCCC(N)C(=O)O.O=C(O)CCCCCCCC(=O)O. The van der Waals surface area contributed by atoms with Crippen molar-refractivity contribution in [2.45, 2.75) is 63.8 Å². The van der Waals surface area contributed by atoms with E-state index < -0.39 is 23.9 Å². The van der Waals surface area contributed by atoms with E-state index in [2.05, 4.69) is 5.32 Å². The molecule has 0 radical (unpaired) electrons. The van der Waals surface area contributed by atoms with Gasteiger partial charge in [0.2, 0.25) is 0 Å². The van der Waals surface area contributed by atoms with Crippen LogP contribution in [0.2, 0.25) is 0 Å². The predicted octanol–water partition coefficient (Wildman–Crippen LogP) is 0.548. The zero-order valence-corrected chi connectivity index (χ0v) is 14.4. The van der Waals surface area contributed by atoms with Gasteiger partial charge in [0, 0.05) is 19.4 Å². The number of aliphatic carboxylic acids is 3. The minimum atomic E-state index is -1.00. The molecule has 0 heterocycles. The van der Waals surface area contributed by atoms with Crippen LogP contribution in [0.25, 0.3) is 0 Å². The lowest BCUT2D eigenvalue weighted by Gasteiger charge is -2.06. The molecule has 0 spiro atoms. The van der Waals surface area contributed by atoms with E-state index in [1.165, 1.54) is 0 Å². The van der Waals surface area contributed by atoms with Gasteiger partial charge >= 0.3 is 17.9 Å². The van der Waals surface area contributed by atoms with Gasteiger partial charge in [-0.1, -0.05) is 19.3 Å². The summed E-state index contributed by atoms with van der Waals surface area (Å²) in [5.41, 5.74) is 10.2. The Balaban J connectivity index is 0. The quantitative estimate of drug-likeness (QED) is 0.139. The third-order valence-corrected chi connectivity index (χ3v) is 3.11. The molecule has 0 saturated heterocycles. The summed E-state index contributed by atoms with van der Waals surface area (Å²) in [5.74, 6) is -2.63. The van der Waals surface area contributed by atoms with Gasteiger partial charge in [-0.25, -0.2) is 0 Å². The van der Waals surface area contributed by atoms with Crippen molar-refractivity contribution in [3.8, 4) is 0 Å².